The third-order valence-corrected chi connectivity index (χ3v) is 5.05. The minimum atomic E-state index is 0.875. The van der Waals surface area contributed by atoms with E-state index < -0.39 is 0 Å². The largest absolute Gasteiger partial charge is 0.255 e. The molecule has 2 heterocycles. The lowest BCUT2D eigenvalue weighted by Gasteiger charge is -2.12. The maximum Gasteiger partial charge on any atom is 0.0972 e. The Hall–Kier alpha value is -2.78. The minimum Gasteiger partial charge on any atom is -0.255 e. The van der Waals surface area contributed by atoms with Gasteiger partial charge in [-0.15, -0.1) is 0 Å². The molecule has 0 aliphatic rings. The molecule has 0 spiro atoms. The number of rotatable bonds is 1. The van der Waals surface area contributed by atoms with E-state index in [2.05, 4.69) is 75.5 Å². The number of nitrogens with zero attached hydrogens (tertiary/aromatic N) is 2. The molecule has 5 aromatic rings. The molecule has 2 nitrogen and oxygen atoms in total. The maximum absolute atomic E-state index is 4.94. The van der Waals surface area contributed by atoms with Crippen LogP contribution in [0, 0.1) is 0 Å². The Labute approximate surface area is 153 Å². The molecule has 0 atom stereocenters. The zero-order valence-corrected chi connectivity index (χ0v) is 14.9. The number of para-hydroxylation sites is 1. The van der Waals surface area contributed by atoms with Crippen LogP contribution in [0.4, 0.5) is 0 Å². The van der Waals surface area contributed by atoms with Gasteiger partial charge in [0.1, 0.15) is 0 Å². The summed E-state index contributed by atoms with van der Waals surface area (Å²) in [6.45, 7) is 0. The van der Waals surface area contributed by atoms with Gasteiger partial charge in [-0.1, -0.05) is 70.5 Å². The molecule has 3 aromatic carbocycles. The highest BCUT2D eigenvalue weighted by Gasteiger charge is 2.13. The molecule has 0 saturated carbocycles. The molecular weight excluding hydrogens is 372 g/mol. The Morgan fingerprint density at radius 1 is 0.720 bits per heavy atom. The monoisotopic (exact) mass is 384 g/mol. The number of pyridine rings is 2. The molecule has 0 saturated heterocycles. The summed E-state index contributed by atoms with van der Waals surface area (Å²) in [5, 5.41) is 6.02. The van der Waals surface area contributed by atoms with Crippen molar-refractivity contribution in [3.8, 4) is 11.4 Å². The van der Waals surface area contributed by atoms with Crippen molar-refractivity contribution in [3.05, 3.63) is 83.5 Å². The third-order valence-electron chi connectivity index (χ3n) is 4.55. The van der Waals surface area contributed by atoms with Crippen LogP contribution < -0.4 is 0 Å². The number of halogens is 1. The number of hydrogen-bond donors (Lipinski definition) is 0. The van der Waals surface area contributed by atoms with Crippen LogP contribution in [0.15, 0.2) is 83.5 Å². The van der Waals surface area contributed by atoms with E-state index in [1.165, 1.54) is 21.5 Å². The SMILES string of the molecule is Brc1ccnc(-c2nc3ccccc3c3c2ccc2ccccc23)c1. The van der Waals surface area contributed by atoms with E-state index in [0.717, 1.165) is 26.8 Å². The van der Waals surface area contributed by atoms with Crippen molar-refractivity contribution in [1.29, 1.82) is 0 Å². The van der Waals surface area contributed by atoms with E-state index in [9.17, 15) is 0 Å². The molecule has 3 heteroatoms. The normalized spacial score (nSPS) is 11.4. The highest BCUT2D eigenvalue weighted by Crippen LogP contribution is 2.36. The third kappa shape index (κ3) is 2.31. The van der Waals surface area contributed by atoms with Gasteiger partial charge in [0, 0.05) is 26.8 Å². The van der Waals surface area contributed by atoms with Crippen molar-refractivity contribution in [1.82, 2.24) is 9.97 Å². The molecule has 0 bridgehead atoms. The predicted octanol–water partition coefficient (Wildman–Crippen LogP) is 6.37. The second-order valence-electron chi connectivity index (χ2n) is 6.05. The minimum absolute atomic E-state index is 0.875. The van der Waals surface area contributed by atoms with Gasteiger partial charge in [0.25, 0.3) is 0 Å². The zero-order valence-electron chi connectivity index (χ0n) is 13.3. The number of hydrogen-bond acceptors (Lipinski definition) is 2. The highest BCUT2D eigenvalue weighted by molar-refractivity contribution is 9.10. The van der Waals surface area contributed by atoms with Crippen LogP contribution in [0.3, 0.4) is 0 Å². The summed E-state index contributed by atoms with van der Waals surface area (Å²) >= 11 is 3.55. The molecule has 0 fully saturated rings. The van der Waals surface area contributed by atoms with Gasteiger partial charge in [0.15, 0.2) is 0 Å². The summed E-state index contributed by atoms with van der Waals surface area (Å²) in [4.78, 5) is 9.49. The average molecular weight is 385 g/mol. The fourth-order valence-corrected chi connectivity index (χ4v) is 3.79. The molecule has 0 amide bonds. The van der Waals surface area contributed by atoms with Crippen LogP contribution in [0.1, 0.15) is 0 Å². The molecule has 0 unspecified atom stereocenters. The molecule has 5 rings (SSSR count). The van der Waals surface area contributed by atoms with Gasteiger partial charge >= 0.3 is 0 Å². The lowest BCUT2D eigenvalue weighted by atomic mass is 9.96. The topological polar surface area (TPSA) is 25.8 Å². The van der Waals surface area contributed by atoms with Crippen molar-refractivity contribution in [3.63, 3.8) is 0 Å². The Morgan fingerprint density at radius 3 is 2.40 bits per heavy atom. The molecule has 0 N–H and O–H groups in total. The highest BCUT2D eigenvalue weighted by atomic mass is 79.9. The molecular formula is C22H13BrN2. The Bertz CT molecular complexity index is 1250. The van der Waals surface area contributed by atoms with E-state index in [1.807, 2.05) is 24.4 Å². The Morgan fingerprint density at radius 2 is 1.52 bits per heavy atom. The van der Waals surface area contributed by atoms with Gasteiger partial charge in [-0.05, 0) is 29.0 Å². The summed E-state index contributed by atoms with van der Waals surface area (Å²) in [5.41, 5.74) is 2.78. The van der Waals surface area contributed by atoms with Crippen molar-refractivity contribution in [2.24, 2.45) is 0 Å². The summed E-state index contributed by atoms with van der Waals surface area (Å²) in [7, 11) is 0. The number of benzene rings is 3. The first kappa shape index (κ1) is 14.6. The summed E-state index contributed by atoms with van der Waals surface area (Å²) in [6, 6.07) is 25.1. The van der Waals surface area contributed by atoms with E-state index in [-0.39, 0.29) is 0 Å². The van der Waals surface area contributed by atoms with Gasteiger partial charge in [-0.3, -0.25) is 4.98 Å². The van der Waals surface area contributed by atoms with Crippen LogP contribution in [-0.4, -0.2) is 9.97 Å². The van der Waals surface area contributed by atoms with E-state index >= 15 is 0 Å². The second kappa shape index (κ2) is 5.64. The predicted molar refractivity (Wildman–Crippen MR) is 108 cm³/mol. The molecule has 2 aromatic heterocycles. The summed E-state index contributed by atoms with van der Waals surface area (Å²) in [6.07, 6.45) is 1.81. The van der Waals surface area contributed by atoms with Gasteiger partial charge in [0.2, 0.25) is 0 Å². The quantitative estimate of drug-likeness (QED) is 0.314. The van der Waals surface area contributed by atoms with Crippen molar-refractivity contribution < 1.29 is 0 Å². The van der Waals surface area contributed by atoms with Gasteiger partial charge in [-0.2, -0.15) is 0 Å². The molecule has 0 aliphatic heterocycles. The van der Waals surface area contributed by atoms with Crippen molar-refractivity contribution >= 4 is 48.4 Å². The Balaban J connectivity index is 2.03. The maximum atomic E-state index is 4.94. The molecule has 0 aliphatic carbocycles. The standard InChI is InChI=1S/C22H13BrN2/c23-15-11-12-24-20(13-15)22-18-10-9-14-5-1-2-6-16(14)21(18)17-7-3-4-8-19(17)25-22/h1-13H. The summed E-state index contributed by atoms with van der Waals surface area (Å²) < 4.78 is 1.00. The lowest BCUT2D eigenvalue weighted by molar-refractivity contribution is 1.28. The van der Waals surface area contributed by atoms with Crippen LogP contribution in [-0.2, 0) is 0 Å². The molecule has 118 valence electrons. The number of fused-ring (bicyclic) bond motifs is 5. The first-order valence-corrected chi connectivity index (χ1v) is 8.93. The van der Waals surface area contributed by atoms with Crippen LogP contribution in [0.5, 0.6) is 0 Å². The summed E-state index contributed by atoms with van der Waals surface area (Å²) in [5.74, 6) is 0. The van der Waals surface area contributed by atoms with E-state index in [0.29, 0.717) is 0 Å². The smallest absolute Gasteiger partial charge is 0.0972 e. The first-order valence-electron chi connectivity index (χ1n) is 8.13. The Kier molecular flexibility index (Phi) is 3.28. The van der Waals surface area contributed by atoms with Crippen LogP contribution in [0.25, 0.3) is 43.8 Å². The number of aromatic nitrogens is 2. The van der Waals surface area contributed by atoms with E-state index in [1.54, 1.807) is 0 Å². The van der Waals surface area contributed by atoms with Gasteiger partial charge < -0.3 is 0 Å². The van der Waals surface area contributed by atoms with Gasteiger partial charge in [0.05, 0.1) is 16.9 Å². The zero-order chi connectivity index (χ0) is 16.8. The van der Waals surface area contributed by atoms with Crippen LogP contribution >= 0.6 is 15.9 Å². The van der Waals surface area contributed by atoms with Crippen LogP contribution in [0.2, 0.25) is 0 Å². The van der Waals surface area contributed by atoms with Crippen molar-refractivity contribution in [2.45, 2.75) is 0 Å². The fraction of sp³-hybridized carbons (Fsp3) is 0. The second-order valence-corrected chi connectivity index (χ2v) is 6.96. The average Bonchev–Trinajstić information content (AvgIpc) is 2.67. The fourth-order valence-electron chi connectivity index (χ4n) is 3.45. The first-order chi connectivity index (χ1) is 12.3. The van der Waals surface area contributed by atoms with Gasteiger partial charge in [-0.25, -0.2) is 4.98 Å². The molecule has 25 heavy (non-hydrogen) atoms. The molecule has 0 radical (unpaired) electrons. The van der Waals surface area contributed by atoms with Crippen molar-refractivity contribution in [2.75, 3.05) is 0 Å². The lowest BCUT2D eigenvalue weighted by Crippen LogP contribution is -1.92. The van der Waals surface area contributed by atoms with E-state index in [4.69, 9.17) is 4.98 Å².